The molecule has 2 aliphatic rings. The average Bonchev–Trinajstić information content (AvgIpc) is 3.34. The highest BCUT2D eigenvalue weighted by atomic mass is 16.5. The third kappa shape index (κ3) is 3.82. The number of ether oxygens (including phenoxy) is 1. The van der Waals surface area contributed by atoms with Gasteiger partial charge in [0.15, 0.2) is 5.82 Å². The van der Waals surface area contributed by atoms with Crippen LogP contribution in [0.1, 0.15) is 35.0 Å². The number of hydrogen-bond acceptors (Lipinski definition) is 7. The smallest absolute Gasteiger partial charge is 0.289 e. The van der Waals surface area contributed by atoms with Crippen molar-refractivity contribution in [2.75, 3.05) is 46.9 Å². The van der Waals surface area contributed by atoms with Crippen molar-refractivity contribution in [1.82, 2.24) is 29.9 Å². The zero-order chi connectivity index (χ0) is 19.6. The van der Waals surface area contributed by atoms with Crippen molar-refractivity contribution in [3.8, 4) is 0 Å². The van der Waals surface area contributed by atoms with E-state index in [2.05, 4.69) is 20.4 Å². The number of furan rings is 1. The van der Waals surface area contributed by atoms with Gasteiger partial charge >= 0.3 is 0 Å². The predicted molar refractivity (Wildman–Crippen MR) is 102 cm³/mol. The van der Waals surface area contributed by atoms with Gasteiger partial charge in [-0.15, -0.1) is 10.2 Å². The fraction of sp³-hybridized carbons (Fsp3) is 0.632. The molecule has 1 N–H and O–H groups in total. The van der Waals surface area contributed by atoms with Gasteiger partial charge in [0.05, 0.1) is 25.0 Å². The Morgan fingerprint density at radius 3 is 2.86 bits per heavy atom. The Balaban J connectivity index is 1.47. The molecule has 1 saturated heterocycles. The summed E-state index contributed by atoms with van der Waals surface area (Å²) in [6.07, 6.45) is 3.48. The molecule has 0 radical (unpaired) electrons. The van der Waals surface area contributed by atoms with Crippen LogP contribution in [0, 0.1) is 0 Å². The first-order valence-corrected chi connectivity index (χ1v) is 9.78. The van der Waals surface area contributed by atoms with Crippen LogP contribution in [-0.4, -0.2) is 77.4 Å². The number of carbonyl (C=O) groups excluding carboxylic acids is 1. The van der Waals surface area contributed by atoms with Crippen LogP contribution in [-0.2, 0) is 23.4 Å². The van der Waals surface area contributed by atoms with Gasteiger partial charge in [-0.2, -0.15) is 0 Å². The first-order valence-electron chi connectivity index (χ1n) is 9.78. The fourth-order valence-corrected chi connectivity index (χ4v) is 4.04. The molecule has 0 aliphatic carbocycles. The molecule has 4 rings (SSSR count). The number of likely N-dealkylation sites (N-methyl/N-ethyl adjacent to an activating group) is 1. The maximum atomic E-state index is 12.7. The van der Waals surface area contributed by atoms with Crippen molar-refractivity contribution in [2.45, 2.75) is 31.5 Å². The lowest BCUT2D eigenvalue weighted by Gasteiger charge is -2.45. The number of nitrogens with one attached hydrogen (secondary N) is 1. The minimum absolute atomic E-state index is 0.167. The zero-order valence-electron chi connectivity index (χ0n) is 16.6. The van der Waals surface area contributed by atoms with Crippen LogP contribution in [0.2, 0.25) is 0 Å². The molecule has 2 aliphatic heterocycles. The Hall–Kier alpha value is -2.23. The van der Waals surface area contributed by atoms with Gasteiger partial charge in [-0.1, -0.05) is 0 Å². The molecule has 0 unspecified atom stereocenters. The summed E-state index contributed by atoms with van der Waals surface area (Å²) < 4.78 is 13.4. The van der Waals surface area contributed by atoms with Crippen molar-refractivity contribution < 1.29 is 13.9 Å². The molecule has 152 valence electrons. The second kappa shape index (κ2) is 8.02. The number of aromatic nitrogens is 3. The van der Waals surface area contributed by atoms with Crippen LogP contribution in [0.15, 0.2) is 22.8 Å². The Kier molecular flexibility index (Phi) is 5.47. The van der Waals surface area contributed by atoms with E-state index < -0.39 is 0 Å². The molecule has 28 heavy (non-hydrogen) atoms. The highest BCUT2D eigenvalue weighted by molar-refractivity contribution is 5.90. The van der Waals surface area contributed by atoms with E-state index in [0.29, 0.717) is 25.6 Å². The van der Waals surface area contributed by atoms with Crippen LogP contribution in [0.3, 0.4) is 0 Å². The molecule has 1 amide bonds. The SMILES string of the molecule is CN(C)CCNC(=O)c1nnc2n1C1(CCN(Cc3ccco3)CC1)COC2. The maximum absolute atomic E-state index is 12.7. The Bertz CT molecular complexity index is 793. The van der Waals surface area contributed by atoms with E-state index in [1.165, 1.54) is 0 Å². The molecular formula is C19H28N6O3. The van der Waals surface area contributed by atoms with Gasteiger partial charge in [-0.25, -0.2) is 0 Å². The third-order valence-corrected chi connectivity index (χ3v) is 5.60. The Morgan fingerprint density at radius 1 is 1.32 bits per heavy atom. The minimum atomic E-state index is -0.259. The summed E-state index contributed by atoms with van der Waals surface area (Å²) >= 11 is 0. The minimum Gasteiger partial charge on any atom is -0.468 e. The van der Waals surface area contributed by atoms with E-state index in [4.69, 9.17) is 9.15 Å². The number of carbonyl (C=O) groups is 1. The lowest BCUT2D eigenvalue weighted by atomic mass is 9.86. The summed E-state index contributed by atoms with van der Waals surface area (Å²) in [6, 6.07) is 3.92. The van der Waals surface area contributed by atoms with Crippen LogP contribution in [0.4, 0.5) is 0 Å². The number of rotatable bonds is 6. The van der Waals surface area contributed by atoms with Crippen LogP contribution >= 0.6 is 0 Å². The molecule has 1 spiro atoms. The fourth-order valence-electron chi connectivity index (χ4n) is 4.04. The first-order chi connectivity index (χ1) is 13.6. The van der Waals surface area contributed by atoms with Crippen molar-refractivity contribution in [2.24, 2.45) is 0 Å². The lowest BCUT2D eigenvalue weighted by Crippen LogP contribution is -2.52. The van der Waals surface area contributed by atoms with E-state index in [1.807, 2.05) is 35.7 Å². The molecule has 2 aromatic rings. The quantitative estimate of drug-likeness (QED) is 0.779. The topological polar surface area (TPSA) is 88.7 Å². The molecule has 0 atom stereocenters. The average molecular weight is 388 g/mol. The van der Waals surface area contributed by atoms with E-state index in [0.717, 1.165) is 50.6 Å². The van der Waals surface area contributed by atoms with Gasteiger partial charge < -0.3 is 19.4 Å². The summed E-state index contributed by atoms with van der Waals surface area (Å²) in [6.45, 7) is 4.96. The molecule has 0 saturated carbocycles. The Labute approximate surface area is 164 Å². The predicted octanol–water partition coefficient (Wildman–Crippen LogP) is 0.684. The van der Waals surface area contributed by atoms with Gasteiger partial charge in [0, 0.05) is 26.2 Å². The first kappa shape index (κ1) is 19.1. The van der Waals surface area contributed by atoms with Gasteiger partial charge in [-0.05, 0) is 39.1 Å². The largest absolute Gasteiger partial charge is 0.468 e. The molecule has 0 aromatic carbocycles. The van der Waals surface area contributed by atoms with Crippen molar-refractivity contribution in [1.29, 1.82) is 0 Å². The molecular weight excluding hydrogens is 360 g/mol. The van der Waals surface area contributed by atoms with E-state index in [1.54, 1.807) is 6.26 Å². The maximum Gasteiger partial charge on any atom is 0.289 e. The van der Waals surface area contributed by atoms with E-state index >= 15 is 0 Å². The van der Waals surface area contributed by atoms with Gasteiger partial charge in [-0.3, -0.25) is 14.3 Å². The van der Waals surface area contributed by atoms with Crippen LogP contribution < -0.4 is 5.32 Å². The van der Waals surface area contributed by atoms with Crippen molar-refractivity contribution in [3.05, 3.63) is 35.8 Å². The highest BCUT2D eigenvalue weighted by Crippen LogP contribution is 2.36. The molecule has 9 nitrogen and oxygen atoms in total. The van der Waals surface area contributed by atoms with E-state index in [-0.39, 0.29) is 11.4 Å². The summed E-state index contributed by atoms with van der Waals surface area (Å²) in [5.74, 6) is 1.95. The second-order valence-corrected chi connectivity index (χ2v) is 7.91. The van der Waals surface area contributed by atoms with Crippen LogP contribution in [0.5, 0.6) is 0 Å². The molecule has 2 aromatic heterocycles. The zero-order valence-corrected chi connectivity index (χ0v) is 16.6. The molecule has 9 heteroatoms. The standard InChI is InChI=1S/C19H28N6O3/c1-23(2)10-7-20-18(26)17-22-21-16-13-27-14-19(25(16)17)5-8-24(9-6-19)12-15-4-3-11-28-15/h3-4,11H,5-10,12-14H2,1-2H3,(H,20,26). The molecule has 1 fully saturated rings. The summed E-state index contributed by atoms with van der Waals surface area (Å²) in [5, 5.41) is 11.4. The number of hydrogen-bond donors (Lipinski definition) is 1. The number of amides is 1. The van der Waals surface area contributed by atoms with E-state index in [9.17, 15) is 4.79 Å². The summed E-state index contributed by atoms with van der Waals surface area (Å²) in [5.41, 5.74) is -0.259. The highest BCUT2D eigenvalue weighted by Gasteiger charge is 2.43. The van der Waals surface area contributed by atoms with Gasteiger partial charge in [0.2, 0.25) is 5.82 Å². The summed E-state index contributed by atoms with van der Waals surface area (Å²) in [4.78, 5) is 17.2. The number of piperidine rings is 1. The number of likely N-dealkylation sites (tertiary alicyclic amines) is 1. The van der Waals surface area contributed by atoms with Gasteiger partial charge in [0.25, 0.3) is 5.91 Å². The molecule has 0 bridgehead atoms. The summed E-state index contributed by atoms with van der Waals surface area (Å²) in [7, 11) is 3.96. The Morgan fingerprint density at radius 2 is 2.14 bits per heavy atom. The second-order valence-electron chi connectivity index (χ2n) is 7.91. The lowest BCUT2D eigenvalue weighted by molar-refractivity contribution is -0.0342. The van der Waals surface area contributed by atoms with Crippen molar-refractivity contribution in [3.63, 3.8) is 0 Å². The monoisotopic (exact) mass is 388 g/mol. The van der Waals surface area contributed by atoms with Crippen LogP contribution in [0.25, 0.3) is 0 Å². The number of fused-ring (bicyclic) bond motifs is 2. The van der Waals surface area contributed by atoms with Crippen molar-refractivity contribution >= 4 is 5.91 Å². The molecule has 4 heterocycles. The normalized spacial score (nSPS) is 19.1. The third-order valence-electron chi connectivity index (χ3n) is 5.60. The van der Waals surface area contributed by atoms with Gasteiger partial charge in [0.1, 0.15) is 12.4 Å². The number of nitrogens with zero attached hydrogens (tertiary/aromatic N) is 5.